The van der Waals surface area contributed by atoms with Crippen LogP contribution in [0.25, 0.3) is 0 Å². The molecule has 1 aliphatic rings. The summed E-state index contributed by atoms with van der Waals surface area (Å²) in [7, 11) is 0. The Morgan fingerprint density at radius 2 is 2.15 bits per heavy atom. The van der Waals surface area contributed by atoms with Gasteiger partial charge in [0.1, 0.15) is 16.9 Å². The van der Waals surface area contributed by atoms with Gasteiger partial charge in [0.15, 0.2) is 0 Å². The van der Waals surface area contributed by atoms with Gasteiger partial charge >= 0.3 is 0 Å². The van der Waals surface area contributed by atoms with Gasteiger partial charge in [0, 0.05) is 12.5 Å². The summed E-state index contributed by atoms with van der Waals surface area (Å²) in [6, 6.07) is 5.45. The van der Waals surface area contributed by atoms with Crippen LogP contribution in [0, 0.1) is 5.92 Å². The predicted molar refractivity (Wildman–Crippen MR) is 82.9 cm³/mol. The van der Waals surface area contributed by atoms with Gasteiger partial charge in [0.25, 0.3) is 0 Å². The molecule has 5 heteroatoms. The van der Waals surface area contributed by atoms with E-state index in [9.17, 15) is 0 Å². The van der Waals surface area contributed by atoms with Crippen LogP contribution in [0.4, 0.5) is 0 Å². The number of ether oxygens (including phenoxy) is 2. The molecule has 1 heterocycles. The van der Waals surface area contributed by atoms with Crippen molar-refractivity contribution in [3.05, 3.63) is 28.2 Å². The first-order valence-electron chi connectivity index (χ1n) is 7.01. The zero-order valence-electron chi connectivity index (χ0n) is 11.9. The van der Waals surface area contributed by atoms with Crippen molar-refractivity contribution < 1.29 is 9.47 Å². The Balaban J connectivity index is 2.07. The SMILES string of the molecule is CC(C)OC[C@@H](Oc1cccc(Cl)c1Cl)[C@H]1CCNC1. The third kappa shape index (κ3) is 4.26. The Bertz CT molecular complexity index is 434. The van der Waals surface area contributed by atoms with Gasteiger partial charge in [-0.15, -0.1) is 0 Å². The second kappa shape index (κ2) is 7.51. The van der Waals surface area contributed by atoms with Crippen LogP contribution in [0.15, 0.2) is 18.2 Å². The van der Waals surface area contributed by atoms with Crippen molar-refractivity contribution in [1.29, 1.82) is 0 Å². The van der Waals surface area contributed by atoms with Gasteiger partial charge in [-0.3, -0.25) is 0 Å². The monoisotopic (exact) mass is 317 g/mol. The average Bonchev–Trinajstić information content (AvgIpc) is 2.93. The van der Waals surface area contributed by atoms with Gasteiger partial charge in [-0.1, -0.05) is 29.3 Å². The van der Waals surface area contributed by atoms with Gasteiger partial charge in [0.05, 0.1) is 17.7 Å². The Morgan fingerprint density at radius 1 is 1.35 bits per heavy atom. The van der Waals surface area contributed by atoms with E-state index < -0.39 is 0 Å². The van der Waals surface area contributed by atoms with Crippen molar-refractivity contribution in [1.82, 2.24) is 5.32 Å². The molecule has 1 aliphatic heterocycles. The average molecular weight is 318 g/mol. The summed E-state index contributed by atoms with van der Waals surface area (Å²) in [5.74, 6) is 1.06. The molecule has 0 amide bonds. The number of nitrogens with one attached hydrogen (secondary N) is 1. The van der Waals surface area contributed by atoms with E-state index in [0.29, 0.717) is 28.3 Å². The normalized spacial score (nSPS) is 20.4. The second-order valence-corrected chi connectivity index (χ2v) is 6.13. The first-order valence-corrected chi connectivity index (χ1v) is 7.76. The Hall–Kier alpha value is -0.480. The molecule has 2 atom stereocenters. The zero-order valence-corrected chi connectivity index (χ0v) is 13.4. The maximum absolute atomic E-state index is 6.19. The summed E-state index contributed by atoms with van der Waals surface area (Å²) in [6.07, 6.45) is 1.26. The lowest BCUT2D eigenvalue weighted by Crippen LogP contribution is -2.34. The lowest BCUT2D eigenvalue weighted by molar-refractivity contribution is -0.00362. The number of hydrogen-bond donors (Lipinski definition) is 1. The van der Waals surface area contributed by atoms with Crippen LogP contribution < -0.4 is 10.1 Å². The number of benzene rings is 1. The van der Waals surface area contributed by atoms with Crippen LogP contribution in [-0.4, -0.2) is 31.9 Å². The van der Waals surface area contributed by atoms with E-state index >= 15 is 0 Å². The van der Waals surface area contributed by atoms with E-state index in [1.807, 2.05) is 26.0 Å². The molecule has 2 rings (SSSR count). The summed E-state index contributed by atoms with van der Waals surface area (Å²) < 4.78 is 11.8. The Morgan fingerprint density at radius 3 is 2.80 bits per heavy atom. The molecule has 0 unspecified atom stereocenters. The van der Waals surface area contributed by atoms with Crippen LogP contribution in [0.1, 0.15) is 20.3 Å². The van der Waals surface area contributed by atoms with E-state index in [0.717, 1.165) is 19.5 Å². The van der Waals surface area contributed by atoms with Crippen LogP contribution in [-0.2, 0) is 4.74 Å². The maximum Gasteiger partial charge on any atom is 0.139 e. The smallest absolute Gasteiger partial charge is 0.139 e. The minimum absolute atomic E-state index is 0.0108. The van der Waals surface area contributed by atoms with Gasteiger partial charge in [-0.25, -0.2) is 0 Å². The van der Waals surface area contributed by atoms with Crippen LogP contribution in [0.2, 0.25) is 10.0 Å². The number of halogens is 2. The van der Waals surface area contributed by atoms with Crippen molar-refractivity contribution in [2.75, 3.05) is 19.7 Å². The first kappa shape index (κ1) is 15.9. The molecule has 0 bridgehead atoms. The molecule has 1 N–H and O–H groups in total. The number of rotatable bonds is 6. The lowest BCUT2D eigenvalue weighted by atomic mass is 10.0. The van der Waals surface area contributed by atoms with Crippen molar-refractivity contribution in [3.63, 3.8) is 0 Å². The highest BCUT2D eigenvalue weighted by Crippen LogP contribution is 2.33. The quantitative estimate of drug-likeness (QED) is 0.866. The summed E-state index contributed by atoms with van der Waals surface area (Å²) in [5.41, 5.74) is 0. The first-order chi connectivity index (χ1) is 9.58. The van der Waals surface area contributed by atoms with Crippen molar-refractivity contribution >= 4 is 23.2 Å². The fourth-order valence-electron chi connectivity index (χ4n) is 2.29. The molecule has 0 spiro atoms. The minimum Gasteiger partial charge on any atom is -0.486 e. The molecule has 0 aromatic heterocycles. The molecular formula is C15H21Cl2NO2. The Labute approximate surface area is 130 Å². The van der Waals surface area contributed by atoms with Gasteiger partial charge in [-0.05, 0) is 38.9 Å². The molecule has 112 valence electrons. The molecule has 1 aromatic rings. The molecule has 1 aromatic carbocycles. The lowest BCUT2D eigenvalue weighted by Gasteiger charge is -2.25. The maximum atomic E-state index is 6.19. The zero-order chi connectivity index (χ0) is 14.5. The molecule has 0 saturated carbocycles. The minimum atomic E-state index is -0.0108. The van der Waals surface area contributed by atoms with Gasteiger partial charge < -0.3 is 14.8 Å². The fraction of sp³-hybridized carbons (Fsp3) is 0.600. The van der Waals surface area contributed by atoms with Crippen LogP contribution in [0.3, 0.4) is 0 Å². The molecular weight excluding hydrogens is 297 g/mol. The van der Waals surface area contributed by atoms with E-state index in [1.165, 1.54) is 0 Å². The highest BCUT2D eigenvalue weighted by atomic mass is 35.5. The molecule has 1 saturated heterocycles. The van der Waals surface area contributed by atoms with Crippen molar-refractivity contribution in [2.24, 2.45) is 5.92 Å². The standard InChI is InChI=1S/C15H21Cl2NO2/c1-10(2)19-9-14(11-6-7-18-8-11)20-13-5-3-4-12(16)15(13)17/h3-5,10-11,14,18H,6-9H2,1-2H3/t11-,14+/m0/s1. The number of hydrogen-bond acceptors (Lipinski definition) is 3. The van der Waals surface area contributed by atoms with E-state index in [4.69, 9.17) is 32.7 Å². The molecule has 3 nitrogen and oxygen atoms in total. The molecule has 20 heavy (non-hydrogen) atoms. The topological polar surface area (TPSA) is 30.5 Å². The molecule has 0 radical (unpaired) electrons. The van der Waals surface area contributed by atoms with E-state index in [1.54, 1.807) is 6.07 Å². The van der Waals surface area contributed by atoms with E-state index in [2.05, 4.69) is 5.32 Å². The van der Waals surface area contributed by atoms with Gasteiger partial charge in [0.2, 0.25) is 0 Å². The summed E-state index contributed by atoms with van der Waals surface area (Å²) >= 11 is 12.2. The molecule has 1 fully saturated rings. The summed E-state index contributed by atoms with van der Waals surface area (Å²) in [6.45, 7) is 6.58. The Kier molecular flexibility index (Phi) is 5.97. The van der Waals surface area contributed by atoms with Crippen LogP contribution in [0.5, 0.6) is 5.75 Å². The van der Waals surface area contributed by atoms with Gasteiger partial charge in [-0.2, -0.15) is 0 Å². The summed E-state index contributed by atoms with van der Waals surface area (Å²) in [5, 5.41) is 4.34. The van der Waals surface area contributed by atoms with Crippen LogP contribution >= 0.6 is 23.2 Å². The largest absolute Gasteiger partial charge is 0.486 e. The van der Waals surface area contributed by atoms with E-state index in [-0.39, 0.29) is 12.2 Å². The molecule has 0 aliphatic carbocycles. The fourth-order valence-corrected chi connectivity index (χ4v) is 2.62. The third-order valence-electron chi connectivity index (χ3n) is 3.41. The van der Waals surface area contributed by atoms with Crippen molar-refractivity contribution in [3.8, 4) is 5.75 Å². The second-order valence-electron chi connectivity index (χ2n) is 5.34. The highest BCUT2D eigenvalue weighted by molar-refractivity contribution is 6.42. The summed E-state index contributed by atoms with van der Waals surface area (Å²) in [4.78, 5) is 0. The third-order valence-corrected chi connectivity index (χ3v) is 4.21. The van der Waals surface area contributed by atoms with Crippen molar-refractivity contribution in [2.45, 2.75) is 32.5 Å². The highest BCUT2D eigenvalue weighted by Gasteiger charge is 2.27. The predicted octanol–water partition coefficient (Wildman–Crippen LogP) is 3.78.